The van der Waals surface area contributed by atoms with Crippen LogP contribution in [-0.2, 0) is 23.9 Å². The summed E-state index contributed by atoms with van der Waals surface area (Å²) in [6, 6.07) is 0.0423. The number of rotatable bonds is 14. The maximum absolute atomic E-state index is 12.0. The number of ketones is 1. The van der Waals surface area contributed by atoms with Crippen molar-refractivity contribution in [2.45, 2.75) is 77.7 Å². The smallest absolute Gasteiger partial charge is 0.220 e. The SMILES string of the molecule is CCC(=O)NCCCOCCCNC(=O)CCC(=O)NC1CCCC(C(C)=O)C1. The first-order valence-corrected chi connectivity index (χ1v) is 10.8. The molecule has 0 aromatic carbocycles. The molecule has 0 saturated heterocycles. The summed E-state index contributed by atoms with van der Waals surface area (Å²) in [5.41, 5.74) is 0. The minimum absolute atomic E-state index is 0.0420. The molecule has 0 heterocycles. The molecule has 3 N–H and O–H groups in total. The van der Waals surface area contributed by atoms with Gasteiger partial charge in [-0.25, -0.2) is 0 Å². The molecule has 1 rings (SSSR count). The molecule has 0 bridgehead atoms. The third-order valence-electron chi connectivity index (χ3n) is 5.09. The highest BCUT2D eigenvalue weighted by Gasteiger charge is 2.25. The zero-order valence-electron chi connectivity index (χ0n) is 17.9. The Morgan fingerprint density at radius 3 is 2.14 bits per heavy atom. The molecule has 1 aliphatic rings. The van der Waals surface area contributed by atoms with E-state index >= 15 is 0 Å². The molecule has 8 heteroatoms. The Morgan fingerprint density at radius 2 is 1.52 bits per heavy atom. The van der Waals surface area contributed by atoms with Gasteiger partial charge < -0.3 is 20.7 Å². The zero-order chi connectivity index (χ0) is 21.5. The Kier molecular flexibility index (Phi) is 12.9. The first-order valence-electron chi connectivity index (χ1n) is 10.8. The van der Waals surface area contributed by atoms with Crippen molar-refractivity contribution in [1.29, 1.82) is 0 Å². The fourth-order valence-corrected chi connectivity index (χ4v) is 3.34. The summed E-state index contributed by atoms with van der Waals surface area (Å²) in [6.07, 6.45) is 5.73. The highest BCUT2D eigenvalue weighted by molar-refractivity contribution is 5.84. The van der Waals surface area contributed by atoms with Crippen LogP contribution in [0.2, 0.25) is 0 Å². The highest BCUT2D eigenvalue weighted by Crippen LogP contribution is 2.25. The van der Waals surface area contributed by atoms with Crippen LogP contribution < -0.4 is 16.0 Å². The van der Waals surface area contributed by atoms with Gasteiger partial charge in [-0.05, 0) is 39.0 Å². The van der Waals surface area contributed by atoms with Gasteiger partial charge in [0.05, 0.1) is 0 Å². The van der Waals surface area contributed by atoms with Gasteiger partial charge in [-0.1, -0.05) is 13.3 Å². The topological polar surface area (TPSA) is 114 Å². The number of ether oxygens (including phenoxy) is 1. The maximum Gasteiger partial charge on any atom is 0.220 e. The lowest BCUT2D eigenvalue weighted by atomic mass is 9.83. The predicted molar refractivity (Wildman–Crippen MR) is 110 cm³/mol. The van der Waals surface area contributed by atoms with E-state index in [1.54, 1.807) is 6.92 Å². The molecule has 3 amide bonds. The number of hydrogen-bond donors (Lipinski definition) is 3. The van der Waals surface area contributed by atoms with E-state index in [0.29, 0.717) is 45.6 Å². The molecule has 29 heavy (non-hydrogen) atoms. The molecule has 0 spiro atoms. The second-order valence-electron chi connectivity index (χ2n) is 7.61. The molecule has 2 atom stereocenters. The average molecular weight is 412 g/mol. The number of amides is 3. The van der Waals surface area contributed by atoms with Crippen LogP contribution in [0.25, 0.3) is 0 Å². The van der Waals surface area contributed by atoms with Crippen molar-refractivity contribution < 1.29 is 23.9 Å². The van der Waals surface area contributed by atoms with Crippen LogP contribution in [-0.4, -0.2) is 55.8 Å². The van der Waals surface area contributed by atoms with Crippen molar-refractivity contribution >= 4 is 23.5 Å². The van der Waals surface area contributed by atoms with Crippen LogP contribution in [0.15, 0.2) is 0 Å². The monoisotopic (exact) mass is 411 g/mol. The summed E-state index contributed by atoms with van der Waals surface area (Å²) in [7, 11) is 0. The summed E-state index contributed by atoms with van der Waals surface area (Å²) < 4.78 is 5.45. The fraction of sp³-hybridized carbons (Fsp3) is 0.810. The van der Waals surface area contributed by atoms with Gasteiger partial charge in [-0.2, -0.15) is 0 Å². The van der Waals surface area contributed by atoms with Crippen LogP contribution in [0.4, 0.5) is 0 Å². The Labute approximate surface area is 173 Å². The van der Waals surface area contributed by atoms with E-state index in [4.69, 9.17) is 4.74 Å². The predicted octanol–water partition coefficient (Wildman–Crippen LogP) is 1.47. The second kappa shape index (κ2) is 15.0. The molecule has 0 radical (unpaired) electrons. The van der Waals surface area contributed by atoms with Crippen LogP contribution in [0.1, 0.15) is 71.6 Å². The number of hydrogen-bond acceptors (Lipinski definition) is 5. The molecule has 0 aromatic heterocycles. The summed E-state index contributed by atoms with van der Waals surface area (Å²) in [6.45, 7) is 5.66. The van der Waals surface area contributed by atoms with E-state index < -0.39 is 0 Å². The lowest BCUT2D eigenvalue weighted by molar-refractivity contribution is -0.127. The molecule has 8 nitrogen and oxygen atoms in total. The highest BCUT2D eigenvalue weighted by atomic mass is 16.5. The van der Waals surface area contributed by atoms with Gasteiger partial charge >= 0.3 is 0 Å². The maximum atomic E-state index is 12.0. The first kappa shape index (κ1) is 25.1. The number of Topliss-reactive ketones (excluding diaryl/α,β-unsaturated/α-hetero) is 1. The molecule has 1 aliphatic carbocycles. The fourth-order valence-electron chi connectivity index (χ4n) is 3.34. The van der Waals surface area contributed by atoms with Gasteiger partial charge in [0, 0.05) is 57.5 Å². The van der Waals surface area contributed by atoms with E-state index in [1.165, 1.54) is 0 Å². The summed E-state index contributed by atoms with van der Waals surface area (Å²) in [4.78, 5) is 46.4. The van der Waals surface area contributed by atoms with Gasteiger partial charge in [0.25, 0.3) is 0 Å². The van der Waals surface area contributed by atoms with Crippen molar-refractivity contribution in [2.24, 2.45) is 5.92 Å². The molecule has 1 saturated carbocycles. The Hall–Kier alpha value is -1.96. The van der Waals surface area contributed by atoms with Crippen molar-refractivity contribution in [3.05, 3.63) is 0 Å². The first-order chi connectivity index (χ1) is 13.9. The minimum Gasteiger partial charge on any atom is -0.381 e. The lowest BCUT2D eigenvalue weighted by Gasteiger charge is -2.28. The van der Waals surface area contributed by atoms with Gasteiger partial charge in [-0.15, -0.1) is 0 Å². The van der Waals surface area contributed by atoms with Crippen LogP contribution in [0, 0.1) is 5.92 Å². The number of carbonyl (C=O) groups excluding carboxylic acids is 4. The van der Waals surface area contributed by atoms with Gasteiger partial charge in [0.1, 0.15) is 5.78 Å². The van der Waals surface area contributed by atoms with Crippen LogP contribution >= 0.6 is 0 Å². The van der Waals surface area contributed by atoms with Crippen molar-refractivity contribution in [2.75, 3.05) is 26.3 Å². The molecular formula is C21H37N3O5. The van der Waals surface area contributed by atoms with E-state index in [-0.39, 0.29) is 48.3 Å². The molecule has 1 fully saturated rings. The number of carbonyl (C=O) groups is 4. The van der Waals surface area contributed by atoms with Gasteiger partial charge in [-0.3, -0.25) is 19.2 Å². The molecular weight excluding hydrogens is 374 g/mol. The van der Waals surface area contributed by atoms with Crippen molar-refractivity contribution in [3.8, 4) is 0 Å². The second-order valence-corrected chi connectivity index (χ2v) is 7.61. The Morgan fingerprint density at radius 1 is 0.897 bits per heavy atom. The zero-order valence-corrected chi connectivity index (χ0v) is 17.9. The largest absolute Gasteiger partial charge is 0.381 e. The summed E-state index contributed by atoms with van der Waals surface area (Å²) in [5, 5.41) is 8.52. The van der Waals surface area contributed by atoms with Crippen molar-refractivity contribution in [3.63, 3.8) is 0 Å². The third kappa shape index (κ3) is 12.3. The third-order valence-corrected chi connectivity index (χ3v) is 5.09. The molecule has 0 aliphatic heterocycles. The Bertz CT molecular complexity index is 538. The minimum atomic E-state index is -0.146. The van der Waals surface area contributed by atoms with Gasteiger partial charge in [0.2, 0.25) is 17.7 Å². The quantitative estimate of drug-likeness (QED) is 0.375. The van der Waals surface area contributed by atoms with E-state index in [1.807, 2.05) is 6.92 Å². The summed E-state index contributed by atoms with van der Waals surface area (Å²) >= 11 is 0. The standard InChI is InChI=1S/C21H37N3O5/c1-3-19(26)22-11-5-13-29-14-6-12-23-20(27)9-10-21(28)24-18-8-4-7-17(15-18)16(2)25/h17-18H,3-15H2,1-2H3,(H,22,26)(H,23,27)(H,24,28). The molecule has 2 unspecified atom stereocenters. The number of nitrogens with one attached hydrogen (secondary N) is 3. The Balaban J connectivity index is 1.99. The van der Waals surface area contributed by atoms with Gasteiger partial charge in [0.15, 0.2) is 0 Å². The van der Waals surface area contributed by atoms with Crippen molar-refractivity contribution in [1.82, 2.24) is 16.0 Å². The van der Waals surface area contributed by atoms with E-state index in [0.717, 1.165) is 25.7 Å². The van der Waals surface area contributed by atoms with Crippen LogP contribution in [0.5, 0.6) is 0 Å². The van der Waals surface area contributed by atoms with Crippen LogP contribution in [0.3, 0.4) is 0 Å². The normalized spacial score (nSPS) is 18.7. The van der Waals surface area contributed by atoms with E-state index in [9.17, 15) is 19.2 Å². The lowest BCUT2D eigenvalue weighted by Crippen LogP contribution is -2.40. The summed E-state index contributed by atoms with van der Waals surface area (Å²) in [5.74, 6) is 0.00570. The average Bonchev–Trinajstić information content (AvgIpc) is 2.70. The van der Waals surface area contributed by atoms with E-state index in [2.05, 4.69) is 16.0 Å². The molecule has 0 aromatic rings. The molecule has 166 valence electrons.